The van der Waals surface area contributed by atoms with Crippen LogP contribution in [0.15, 0.2) is 17.8 Å². The van der Waals surface area contributed by atoms with Crippen LogP contribution in [0.3, 0.4) is 0 Å². The third-order valence-corrected chi connectivity index (χ3v) is 2.63. The van der Waals surface area contributed by atoms with Crippen molar-refractivity contribution in [3.63, 3.8) is 0 Å². The maximum absolute atomic E-state index is 4.41. The second-order valence-corrected chi connectivity index (χ2v) is 4.00. The van der Waals surface area contributed by atoms with E-state index in [0.717, 1.165) is 28.8 Å². The number of nitrogens with one attached hydrogen (secondary N) is 1. The summed E-state index contributed by atoms with van der Waals surface area (Å²) in [6, 6.07) is 1.94. The van der Waals surface area contributed by atoms with Crippen molar-refractivity contribution < 1.29 is 0 Å². The topological polar surface area (TPSA) is 50.7 Å². The Balaban J connectivity index is 2.40. The highest BCUT2D eigenvalue weighted by Gasteiger charge is 2.05. The van der Waals surface area contributed by atoms with Crippen molar-refractivity contribution in [2.45, 2.75) is 13.8 Å². The molecule has 0 fully saturated rings. The highest BCUT2D eigenvalue weighted by molar-refractivity contribution is 7.13. The molecule has 0 saturated carbocycles. The molecule has 0 aliphatic rings. The molecule has 78 valence electrons. The fourth-order valence-electron chi connectivity index (χ4n) is 1.28. The number of thiazole rings is 1. The van der Waals surface area contributed by atoms with Gasteiger partial charge in [-0.05, 0) is 13.8 Å². The molecule has 0 spiro atoms. The van der Waals surface area contributed by atoms with Crippen LogP contribution in [0.2, 0.25) is 0 Å². The number of aryl methyl sites for hydroxylation is 1. The average molecular weight is 220 g/mol. The summed E-state index contributed by atoms with van der Waals surface area (Å²) in [5.74, 6) is 1.61. The minimum absolute atomic E-state index is 0.744. The minimum Gasteiger partial charge on any atom is -0.370 e. The normalized spacial score (nSPS) is 10.3. The van der Waals surface area contributed by atoms with Crippen LogP contribution in [0.5, 0.6) is 0 Å². The molecule has 5 heteroatoms. The number of hydrogen-bond acceptors (Lipinski definition) is 5. The van der Waals surface area contributed by atoms with Crippen LogP contribution >= 0.6 is 11.3 Å². The molecule has 0 amide bonds. The summed E-state index contributed by atoms with van der Waals surface area (Å²) in [6.45, 7) is 4.87. The Kier molecular flexibility index (Phi) is 2.91. The third kappa shape index (κ3) is 2.30. The van der Waals surface area contributed by atoms with Gasteiger partial charge in [-0.15, -0.1) is 11.3 Å². The summed E-state index contributed by atoms with van der Waals surface area (Å²) in [5, 5.41) is 3.18. The Labute approximate surface area is 92.4 Å². The van der Waals surface area contributed by atoms with Gasteiger partial charge in [0.05, 0.1) is 10.4 Å². The predicted molar refractivity (Wildman–Crippen MR) is 62.0 cm³/mol. The van der Waals surface area contributed by atoms with E-state index in [4.69, 9.17) is 0 Å². The summed E-state index contributed by atoms with van der Waals surface area (Å²) in [6.07, 6.45) is 1.79. The Hall–Kier alpha value is -1.49. The van der Waals surface area contributed by atoms with Crippen LogP contribution < -0.4 is 5.32 Å². The van der Waals surface area contributed by atoms with Gasteiger partial charge in [-0.1, -0.05) is 0 Å². The quantitative estimate of drug-likeness (QED) is 0.862. The van der Waals surface area contributed by atoms with E-state index in [1.807, 2.05) is 19.9 Å². The van der Waals surface area contributed by atoms with Gasteiger partial charge >= 0.3 is 0 Å². The maximum atomic E-state index is 4.41. The van der Waals surface area contributed by atoms with Crippen molar-refractivity contribution in [1.82, 2.24) is 15.0 Å². The number of nitrogens with zero attached hydrogens (tertiary/aromatic N) is 3. The van der Waals surface area contributed by atoms with Crippen molar-refractivity contribution >= 4 is 17.2 Å². The fraction of sp³-hybridized carbons (Fsp3) is 0.300. The molecule has 0 saturated heterocycles. The molecule has 2 rings (SSSR count). The lowest BCUT2D eigenvalue weighted by Gasteiger charge is -2.04. The van der Waals surface area contributed by atoms with E-state index in [9.17, 15) is 0 Å². The zero-order valence-corrected chi connectivity index (χ0v) is 9.51. The standard InChI is InChI=1S/C10H12N4S/c1-3-12-9-4-7(2)13-10(14-9)8-5-11-6-15-8/h4-6H,3H2,1-2H3,(H,12,13,14). The van der Waals surface area contributed by atoms with Gasteiger partial charge in [-0.3, -0.25) is 4.98 Å². The Morgan fingerprint density at radius 2 is 2.27 bits per heavy atom. The first-order chi connectivity index (χ1) is 7.29. The summed E-state index contributed by atoms with van der Waals surface area (Å²) < 4.78 is 0. The van der Waals surface area contributed by atoms with Crippen molar-refractivity contribution in [1.29, 1.82) is 0 Å². The molecule has 0 aromatic carbocycles. The maximum Gasteiger partial charge on any atom is 0.173 e. The van der Waals surface area contributed by atoms with Crippen LogP contribution in [-0.4, -0.2) is 21.5 Å². The summed E-state index contributed by atoms with van der Waals surface area (Å²) in [5.41, 5.74) is 2.75. The first kappa shape index (κ1) is 10.0. The smallest absolute Gasteiger partial charge is 0.173 e. The van der Waals surface area contributed by atoms with E-state index in [1.54, 1.807) is 23.0 Å². The highest BCUT2D eigenvalue weighted by atomic mass is 32.1. The molecule has 2 aromatic rings. The van der Waals surface area contributed by atoms with E-state index in [2.05, 4.69) is 20.3 Å². The summed E-state index contributed by atoms with van der Waals surface area (Å²) >= 11 is 1.55. The molecule has 0 aliphatic heterocycles. The molecule has 1 N–H and O–H groups in total. The monoisotopic (exact) mass is 220 g/mol. The predicted octanol–water partition coefficient (Wildman–Crippen LogP) is 2.34. The Bertz CT molecular complexity index is 439. The van der Waals surface area contributed by atoms with Crippen LogP contribution in [0.4, 0.5) is 5.82 Å². The van der Waals surface area contributed by atoms with Crippen LogP contribution in [-0.2, 0) is 0 Å². The molecule has 4 nitrogen and oxygen atoms in total. The van der Waals surface area contributed by atoms with Gasteiger partial charge in [0.15, 0.2) is 5.82 Å². The van der Waals surface area contributed by atoms with Gasteiger partial charge in [0.2, 0.25) is 0 Å². The highest BCUT2D eigenvalue weighted by Crippen LogP contribution is 2.20. The zero-order valence-electron chi connectivity index (χ0n) is 8.69. The van der Waals surface area contributed by atoms with Gasteiger partial charge in [-0.25, -0.2) is 9.97 Å². The molecule has 2 heterocycles. The number of hydrogen-bond donors (Lipinski definition) is 1. The van der Waals surface area contributed by atoms with Gasteiger partial charge in [-0.2, -0.15) is 0 Å². The van der Waals surface area contributed by atoms with E-state index in [0.29, 0.717) is 0 Å². The second kappa shape index (κ2) is 4.35. The minimum atomic E-state index is 0.744. The molecule has 2 aromatic heterocycles. The van der Waals surface area contributed by atoms with E-state index >= 15 is 0 Å². The molecule has 0 atom stereocenters. The van der Waals surface area contributed by atoms with E-state index in [1.165, 1.54) is 0 Å². The van der Waals surface area contributed by atoms with Gasteiger partial charge in [0, 0.05) is 24.5 Å². The van der Waals surface area contributed by atoms with Crippen LogP contribution in [0.1, 0.15) is 12.6 Å². The largest absolute Gasteiger partial charge is 0.370 e. The lowest BCUT2D eigenvalue weighted by molar-refractivity contribution is 1.08. The van der Waals surface area contributed by atoms with Crippen LogP contribution in [0.25, 0.3) is 10.7 Å². The molecule has 0 radical (unpaired) electrons. The van der Waals surface area contributed by atoms with Gasteiger partial charge < -0.3 is 5.32 Å². The van der Waals surface area contributed by atoms with Gasteiger partial charge in [0.25, 0.3) is 0 Å². The first-order valence-corrected chi connectivity index (χ1v) is 5.66. The van der Waals surface area contributed by atoms with Crippen molar-refractivity contribution in [2.24, 2.45) is 0 Å². The van der Waals surface area contributed by atoms with Gasteiger partial charge in [0.1, 0.15) is 5.82 Å². The van der Waals surface area contributed by atoms with E-state index in [-0.39, 0.29) is 0 Å². The van der Waals surface area contributed by atoms with Crippen molar-refractivity contribution in [3.05, 3.63) is 23.5 Å². The Morgan fingerprint density at radius 1 is 1.40 bits per heavy atom. The molecule has 0 unspecified atom stereocenters. The van der Waals surface area contributed by atoms with Crippen molar-refractivity contribution in [3.8, 4) is 10.7 Å². The first-order valence-electron chi connectivity index (χ1n) is 4.78. The number of anilines is 1. The molecule has 0 aliphatic carbocycles. The zero-order chi connectivity index (χ0) is 10.7. The summed E-state index contributed by atoms with van der Waals surface area (Å²) in [4.78, 5) is 13.8. The molecular formula is C10H12N4S. The molecule has 15 heavy (non-hydrogen) atoms. The molecule has 0 bridgehead atoms. The fourth-order valence-corrected chi connectivity index (χ4v) is 1.83. The second-order valence-electron chi connectivity index (χ2n) is 3.11. The lowest BCUT2D eigenvalue weighted by atomic mass is 10.4. The average Bonchev–Trinajstić information content (AvgIpc) is 2.70. The van der Waals surface area contributed by atoms with Crippen LogP contribution in [0, 0.1) is 6.92 Å². The molecular weight excluding hydrogens is 208 g/mol. The van der Waals surface area contributed by atoms with Crippen molar-refractivity contribution in [2.75, 3.05) is 11.9 Å². The number of aromatic nitrogens is 3. The SMILES string of the molecule is CCNc1cc(C)nc(-c2cncs2)n1. The third-order valence-electron chi connectivity index (χ3n) is 1.86. The number of rotatable bonds is 3. The lowest BCUT2D eigenvalue weighted by Crippen LogP contribution is -2.02. The summed E-state index contributed by atoms with van der Waals surface area (Å²) in [7, 11) is 0. The van der Waals surface area contributed by atoms with E-state index < -0.39 is 0 Å². The Morgan fingerprint density at radius 3 is 2.93 bits per heavy atom.